The molecule has 4 aliphatic carbocycles. The lowest BCUT2D eigenvalue weighted by Crippen LogP contribution is -2.56. The highest BCUT2D eigenvalue weighted by Crippen LogP contribution is 2.70. The second-order valence-corrected chi connectivity index (χ2v) is 9.77. The van der Waals surface area contributed by atoms with Crippen LogP contribution in [0.15, 0.2) is 0 Å². The normalized spacial score (nSPS) is 46.0. The summed E-state index contributed by atoms with van der Waals surface area (Å²) in [4.78, 5) is 0. The zero-order valence-corrected chi connectivity index (χ0v) is 14.9. The van der Waals surface area contributed by atoms with Crippen LogP contribution in [0, 0.1) is 22.2 Å². The Labute approximate surface area is 132 Å². The Bertz CT molecular complexity index is 356. The summed E-state index contributed by atoms with van der Waals surface area (Å²) in [6.07, 6.45) is 14.6. The van der Waals surface area contributed by atoms with E-state index in [9.17, 15) is 0 Å². The fourth-order valence-corrected chi connectivity index (χ4v) is 7.41. The SMILES string of the molecule is CCCNC(CCC)CC12CC3CC(C)(CC(C)(C3)C1)C2. The van der Waals surface area contributed by atoms with Gasteiger partial charge >= 0.3 is 0 Å². The number of hydrogen-bond donors (Lipinski definition) is 1. The van der Waals surface area contributed by atoms with Crippen LogP contribution in [0.2, 0.25) is 0 Å². The van der Waals surface area contributed by atoms with E-state index in [1.807, 2.05) is 0 Å². The molecule has 0 saturated heterocycles. The first-order valence-electron chi connectivity index (χ1n) is 9.63. The molecule has 4 aliphatic rings. The summed E-state index contributed by atoms with van der Waals surface area (Å²) in [6, 6.07) is 0.776. The van der Waals surface area contributed by atoms with Crippen LogP contribution in [0.1, 0.15) is 91.9 Å². The summed E-state index contributed by atoms with van der Waals surface area (Å²) in [7, 11) is 0. The van der Waals surface area contributed by atoms with Crippen LogP contribution < -0.4 is 5.32 Å². The second kappa shape index (κ2) is 5.55. The average Bonchev–Trinajstić information content (AvgIpc) is 2.31. The van der Waals surface area contributed by atoms with E-state index in [-0.39, 0.29) is 0 Å². The molecule has 4 bridgehead atoms. The van der Waals surface area contributed by atoms with Crippen molar-refractivity contribution in [2.75, 3.05) is 6.54 Å². The van der Waals surface area contributed by atoms with E-state index in [2.05, 4.69) is 33.0 Å². The van der Waals surface area contributed by atoms with Gasteiger partial charge in [0.15, 0.2) is 0 Å². The van der Waals surface area contributed by atoms with Crippen molar-refractivity contribution >= 4 is 0 Å². The van der Waals surface area contributed by atoms with E-state index in [1.165, 1.54) is 64.3 Å². The Morgan fingerprint density at radius 3 is 2.14 bits per heavy atom. The fourth-order valence-electron chi connectivity index (χ4n) is 7.41. The molecule has 0 radical (unpaired) electrons. The molecule has 122 valence electrons. The molecule has 0 spiro atoms. The van der Waals surface area contributed by atoms with E-state index in [0.29, 0.717) is 16.2 Å². The molecule has 0 aromatic rings. The molecular weight excluding hydrogens is 254 g/mol. The molecule has 0 aromatic carbocycles. The first kappa shape index (κ1) is 15.8. The maximum Gasteiger partial charge on any atom is 0.00722 e. The molecule has 0 amide bonds. The van der Waals surface area contributed by atoms with Gasteiger partial charge in [-0.3, -0.25) is 0 Å². The van der Waals surface area contributed by atoms with Crippen molar-refractivity contribution in [3.63, 3.8) is 0 Å². The third-order valence-electron chi connectivity index (χ3n) is 6.74. The smallest absolute Gasteiger partial charge is 0.00722 e. The first-order valence-corrected chi connectivity index (χ1v) is 9.63. The Hall–Kier alpha value is -0.0400. The summed E-state index contributed by atoms with van der Waals surface area (Å²) >= 11 is 0. The molecule has 3 atom stereocenters. The van der Waals surface area contributed by atoms with Crippen molar-refractivity contribution in [3.8, 4) is 0 Å². The van der Waals surface area contributed by atoms with Gasteiger partial charge < -0.3 is 5.32 Å². The minimum Gasteiger partial charge on any atom is -0.314 e. The van der Waals surface area contributed by atoms with Gasteiger partial charge in [-0.1, -0.05) is 34.1 Å². The monoisotopic (exact) mass is 291 g/mol. The van der Waals surface area contributed by atoms with Gasteiger partial charge in [0.25, 0.3) is 0 Å². The van der Waals surface area contributed by atoms with E-state index in [0.717, 1.165) is 12.0 Å². The van der Waals surface area contributed by atoms with Crippen LogP contribution in [0.4, 0.5) is 0 Å². The molecule has 0 aromatic heterocycles. The maximum atomic E-state index is 3.87. The van der Waals surface area contributed by atoms with Gasteiger partial charge in [0, 0.05) is 6.04 Å². The van der Waals surface area contributed by atoms with Crippen LogP contribution in [-0.2, 0) is 0 Å². The first-order chi connectivity index (χ1) is 9.90. The Morgan fingerprint density at radius 1 is 0.952 bits per heavy atom. The van der Waals surface area contributed by atoms with Gasteiger partial charge in [-0.25, -0.2) is 0 Å². The molecule has 21 heavy (non-hydrogen) atoms. The Morgan fingerprint density at radius 2 is 1.62 bits per heavy atom. The minimum atomic E-state index is 0.676. The third-order valence-corrected chi connectivity index (χ3v) is 6.74. The lowest BCUT2D eigenvalue weighted by atomic mass is 9.39. The molecule has 3 unspecified atom stereocenters. The molecule has 1 nitrogen and oxygen atoms in total. The second-order valence-electron chi connectivity index (χ2n) is 9.77. The topological polar surface area (TPSA) is 12.0 Å². The third kappa shape index (κ3) is 3.19. The number of nitrogens with one attached hydrogen (secondary N) is 1. The molecule has 4 fully saturated rings. The molecule has 1 N–H and O–H groups in total. The predicted octanol–water partition coefficient (Wildman–Crippen LogP) is 5.54. The predicted molar refractivity (Wildman–Crippen MR) is 91.4 cm³/mol. The van der Waals surface area contributed by atoms with Crippen molar-refractivity contribution in [3.05, 3.63) is 0 Å². The zero-order valence-electron chi connectivity index (χ0n) is 14.9. The van der Waals surface area contributed by atoms with Crippen LogP contribution in [0.3, 0.4) is 0 Å². The van der Waals surface area contributed by atoms with E-state index < -0.39 is 0 Å². The van der Waals surface area contributed by atoms with Crippen molar-refractivity contribution in [1.29, 1.82) is 0 Å². The van der Waals surface area contributed by atoms with Gasteiger partial charge in [-0.15, -0.1) is 0 Å². The van der Waals surface area contributed by atoms with E-state index >= 15 is 0 Å². The summed E-state index contributed by atoms with van der Waals surface area (Å²) in [6.45, 7) is 11.1. The summed E-state index contributed by atoms with van der Waals surface area (Å²) in [5.74, 6) is 1.05. The van der Waals surface area contributed by atoms with Crippen LogP contribution in [0.25, 0.3) is 0 Å². The zero-order chi connectivity index (χ0) is 15.1. The Balaban J connectivity index is 1.74. The molecule has 0 aliphatic heterocycles. The molecule has 4 rings (SSSR count). The highest BCUT2D eigenvalue weighted by Gasteiger charge is 2.59. The van der Waals surface area contributed by atoms with Gasteiger partial charge in [0.1, 0.15) is 0 Å². The highest BCUT2D eigenvalue weighted by atomic mass is 14.9. The lowest BCUT2D eigenvalue weighted by molar-refractivity contribution is -0.150. The summed E-state index contributed by atoms with van der Waals surface area (Å²) < 4.78 is 0. The fraction of sp³-hybridized carbons (Fsp3) is 1.00. The maximum absolute atomic E-state index is 3.87. The standard InChI is InChI=1S/C20H37N/c1-5-7-17(21-8-6-2)12-20-11-16-9-18(3,14-20)13-19(4,10-16)15-20/h16-17,21H,5-15H2,1-4H3. The summed E-state index contributed by atoms with van der Waals surface area (Å²) in [5, 5.41) is 3.87. The van der Waals surface area contributed by atoms with Crippen LogP contribution >= 0.6 is 0 Å². The Kier molecular flexibility index (Phi) is 4.19. The number of rotatable bonds is 7. The highest BCUT2D eigenvalue weighted by molar-refractivity contribution is 5.10. The largest absolute Gasteiger partial charge is 0.314 e. The quantitative estimate of drug-likeness (QED) is 0.649. The van der Waals surface area contributed by atoms with E-state index in [1.54, 1.807) is 6.42 Å². The number of hydrogen-bond acceptors (Lipinski definition) is 1. The average molecular weight is 292 g/mol. The van der Waals surface area contributed by atoms with Gasteiger partial charge in [-0.2, -0.15) is 0 Å². The molecule has 4 saturated carbocycles. The van der Waals surface area contributed by atoms with E-state index in [4.69, 9.17) is 0 Å². The van der Waals surface area contributed by atoms with Gasteiger partial charge in [-0.05, 0) is 86.5 Å². The molecule has 1 heteroatoms. The van der Waals surface area contributed by atoms with Gasteiger partial charge in [0.05, 0.1) is 0 Å². The van der Waals surface area contributed by atoms with Crippen LogP contribution in [-0.4, -0.2) is 12.6 Å². The van der Waals surface area contributed by atoms with Crippen LogP contribution in [0.5, 0.6) is 0 Å². The van der Waals surface area contributed by atoms with Crippen molar-refractivity contribution in [2.24, 2.45) is 22.2 Å². The van der Waals surface area contributed by atoms with Crippen molar-refractivity contribution in [1.82, 2.24) is 5.32 Å². The van der Waals surface area contributed by atoms with Crippen molar-refractivity contribution in [2.45, 2.75) is 97.9 Å². The minimum absolute atomic E-state index is 0.676. The lowest BCUT2D eigenvalue weighted by Gasteiger charge is -2.66. The molecular formula is C20H37N. The molecule has 0 heterocycles. The van der Waals surface area contributed by atoms with Crippen molar-refractivity contribution < 1.29 is 0 Å². The van der Waals surface area contributed by atoms with Gasteiger partial charge in [0.2, 0.25) is 0 Å². The summed E-state index contributed by atoms with van der Waals surface area (Å²) in [5.41, 5.74) is 2.04.